The quantitative estimate of drug-likeness (QED) is 0.101. The first-order chi connectivity index (χ1) is 21.7. The molecule has 0 aromatic heterocycles. The van der Waals surface area contributed by atoms with Crippen molar-refractivity contribution in [2.75, 3.05) is 137 Å². The molecule has 304 valence electrons. The summed E-state index contributed by atoms with van der Waals surface area (Å²) in [5.74, 6) is -0.802. The summed E-state index contributed by atoms with van der Waals surface area (Å²) in [4.78, 5) is 76.7. The molecule has 0 heterocycles. The van der Waals surface area contributed by atoms with Crippen LogP contribution in [0.2, 0.25) is 0 Å². The monoisotopic (exact) mass is 812 g/mol. The summed E-state index contributed by atoms with van der Waals surface area (Å²) in [5, 5.41) is 0. The van der Waals surface area contributed by atoms with Gasteiger partial charge in [0.05, 0.1) is 84.6 Å². The molecular weight excluding hydrogens is 749 g/mol. The predicted octanol–water partition coefficient (Wildman–Crippen LogP) is -0.869. The van der Waals surface area contributed by atoms with Crippen LogP contribution in [0.1, 0.15) is 27.7 Å². The van der Waals surface area contributed by atoms with E-state index in [1.807, 2.05) is 0 Å². The highest BCUT2D eigenvalue weighted by atomic mass is 35.7. The summed E-state index contributed by atoms with van der Waals surface area (Å²) in [7, 11) is 24.7. The van der Waals surface area contributed by atoms with Crippen molar-refractivity contribution in [2.24, 2.45) is 0 Å². The Bertz CT molecular complexity index is 859. The number of rotatable bonds is 12. The molecule has 0 amide bonds. The van der Waals surface area contributed by atoms with Crippen LogP contribution in [-0.2, 0) is 47.3 Å². The van der Waals surface area contributed by atoms with Crippen LogP contribution in [-0.4, -0.2) is 179 Å². The van der Waals surface area contributed by atoms with Crippen molar-refractivity contribution in [2.45, 2.75) is 27.7 Å². The van der Waals surface area contributed by atoms with Crippen molar-refractivity contribution in [3.8, 4) is 0 Å². The molecule has 22 heteroatoms. The van der Waals surface area contributed by atoms with Crippen molar-refractivity contribution < 1.29 is 84.8 Å². The fraction of sp³-hybridized carbons (Fsp3) is 0.857. The Morgan fingerprint density at radius 1 is 0.420 bits per heavy atom. The normalized spacial score (nSPS) is 11.3. The molecular formula is C28H64Cl2N4O14P2. The number of hydrogen-bond acceptors (Lipinski definition) is 14. The van der Waals surface area contributed by atoms with E-state index >= 15 is 0 Å². The smallest absolute Gasteiger partial charge is 0.302 e. The second kappa shape index (κ2) is 30.1. The lowest BCUT2D eigenvalue weighted by molar-refractivity contribution is -0.870. The Hall–Kier alpha value is -1.40. The zero-order valence-electron chi connectivity index (χ0n) is 32.8. The van der Waals surface area contributed by atoms with E-state index in [0.29, 0.717) is 26.4 Å². The molecule has 0 fully saturated rings. The van der Waals surface area contributed by atoms with E-state index in [2.05, 4.69) is 107 Å². The third-order valence-corrected chi connectivity index (χ3v) is 4.27. The van der Waals surface area contributed by atoms with Crippen molar-refractivity contribution in [1.82, 2.24) is 0 Å². The van der Waals surface area contributed by atoms with Crippen molar-refractivity contribution >= 4 is 60.3 Å². The van der Waals surface area contributed by atoms with Gasteiger partial charge in [-0.15, -0.1) is 0 Å². The van der Waals surface area contributed by atoms with Gasteiger partial charge in [0, 0.05) is 41.6 Å². The molecule has 50 heavy (non-hydrogen) atoms. The summed E-state index contributed by atoms with van der Waals surface area (Å²) in [6.07, 6.45) is 0. The molecule has 0 aliphatic rings. The van der Waals surface area contributed by atoms with Crippen LogP contribution in [0.3, 0.4) is 0 Å². The molecule has 0 rings (SSSR count). The fourth-order valence-electron chi connectivity index (χ4n) is 1.85. The maximum absolute atomic E-state index is 10.3. The molecule has 0 bridgehead atoms. The molecule has 0 aliphatic heterocycles. The molecule has 0 aliphatic carbocycles. The lowest BCUT2D eigenvalue weighted by Crippen LogP contribution is -2.37. The van der Waals surface area contributed by atoms with Crippen LogP contribution >= 0.6 is 36.4 Å². The summed E-state index contributed by atoms with van der Waals surface area (Å²) in [6, 6.07) is 0. The van der Waals surface area contributed by atoms with E-state index in [4.69, 9.17) is 47.7 Å². The van der Waals surface area contributed by atoms with Crippen LogP contribution in [0.4, 0.5) is 0 Å². The number of carbonyl (C=O) groups is 4. The molecule has 0 saturated heterocycles. The Labute approximate surface area is 309 Å². The van der Waals surface area contributed by atoms with Gasteiger partial charge in [-0.1, -0.05) is 22.5 Å². The average molecular weight is 814 g/mol. The SMILES string of the molecule is CC(=O)OCC[N+](C)(C)C.CC(=O)OCC[N+](C)(C)C.CC(=O)OCC[N+](C)(C)C.CC(=O)OCC[N+](C)(C)C.O=P([O-])([O-])Cl.O=P([O-])([O-])Cl. The van der Waals surface area contributed by atoms with E-state index < -0.39 is 13.9 Å². The van der Waals surface area contributed by atoms with E-state index in [-0.39, 0.29) is 23.9 Å². The molecule has 0 radical (unpaired) electrons. The zero-order valence-corrected chi connectivity index (χ0v) is 36.1. The number of quaternary nitrogens is 4. The number of halogens is 2. The van der Waals surface area contributed by atoms with Crippen LogP contribution in [0.25, 0.3) is 0 Å². The first-order valence-corrected chi connectivity index (χ1v) is 19.7. The summed E-state index contributed by atoms with van der Waals surface area (Å²) in [5.41, 5.74) is 0. The maximum Gasteiger partial charge on any atom is 0.302 e. The van der Waals surface area contributed by atoms with Crippen LogP contribution < -0.4 is 19.6 Å². The van der Waals surface area contributed by atoms with Crippen LogP contribution in [0.5, 0.6) is 0 Å². The Kier molecular flexibility index (Phi) is 36.5. The lowest BCUT2D eigenvalue weighted by atomic mass is 10.5. The van der Waals surface area contributed by atoms with Gasteiger partial charge in [0.2, 0.25) is 0 Å². The molecule has 0 unspecified atom stereocenters. The van der Waals surface area contributed by atoms with Gasteiger partial charge in [0.25, 0.3) is 0 Å². The number of likely N-dealkylation sites (N-methyl/N-ethyl adjacent to an activating group) is 4. The van der Waals surface area contributed by atoms with Crippen molar-refractivity contribution in [3.63, 3.8) is 0 Å². The van der Waals surface area contributed by atoms with Gasteiger partial charge in [0.1, 0.15) is 52.6 Å². The Morgan fingerprint density at radius 3 is 0.580 bits per heavy atom. The molecule has 0 atom stereocenters. The Balaban J connectivity index is -0.000000119. The van der Waals surface area contributed by atoms with Crippen molar-refractivity contribution in [3.05, 3.63) is 0 Å². The van der Waals surface area contributed by atoms with Gasteiger partial charge in [-0.3, -0.25) is 19.2 Å². The number of carbonyl (C=O) groups excluding carboxylic acids is 4. The second-order valence-electron chi connectivity index (χ2n) is 14.3. The first-order valence-electron chi connectivity index (χ1n) is 14.9. The van der Waals surface area contributed by atoms with Gasteiger partial charge < -0.3 is 65.6 Å². The predicted molar refractivity (Wildman–Crippen MR) is 185 cm³/mol. The summed E-state index contributed by atoms with van der Waals surface area (Å²) in [6.45, 7) is 1.87. The average Bonchev–Trinajstić information content (AvgIpc) is 2.73. The fourth-order valence-corrected chi connectivity index (χ4v) is 1.85. The number of esters is 4. The van der Waals surface area contributed by atoms with E-state index in [9.17, 15) is 19.2 Å². The molecule has 0 saturated carbocycles. The minimum absolute atomic E-state index is 0.201. The molecule has 18 nitrogen and oxygen atoms in total. The lowest BCUT2D eigenvalue weighted by Gasteiger charge is -2.23. The zero-order chi connectivity index (χ0) is 41.8. The number of nitrogens with zero attached hydrogens (tertiary/aromatic N) is 4. The highest BCUT2D eigenvalue weighted by Gasteiger charge is 2.08. The van der Waals surface area contributed by atoms with E-state index in [1.54, 1.807) is 0 Å². The molecule has 0 N–H and O–H groups in total. The molecule has 0 spiro atoms. The largest absolute Gasteiger partial charge is 0.799 e. The highest BCUT2D eigenvalue weighted by molar-refractivity contribution is 7.77. The Morgan fingerprint density at radius 2 is 0.520 bits per heavy atom. The maximum atomic E-state index is 10.3. The third kappa shape index (κ3) is 137. The van der Waals surface area contributed by atoms with E-state index in [0.717, 1.165) is 44.1 Å². The van der Waals surface area contributed by atoms with E-state index in [1.165, 1.54) is 27.7 Å². The topological polar surface area (TPSA) is 232 Å². The van der Waals surface area contributed by atoms with Gasteiger partial charge in [-0.2, -0.15) is 0 Å². The highest BCUT2D eigenvalue weighted by Crippen LogP contribution is 2.28. The third-order valence-electron chi connectivity index (χ3n) is 4.27. The van der Waals surface area contributed by atoms with Crippen LogP contribution in [0, 0.1) is 0 Å². The number of hydrogen-bond donors (Lipinski definition) is 0. The van der Waals surface area contributed by atoms with Gasteiger partial charge in [-0.05, 0) is 0 Å². The first kappa shape index (κ1) is 60.7. The summed E-state index contributed by atoms with van der Waals surface area (Å²) >= 11 is 7.95. The molecule has 0 aromatic rings. The van der Waals surface area contributed by atoms with Gasteiger partial charge >= 0.3 is 23.9 Å². The van der Waals surface area contributed by atoms with Gasteiger partial charge in [-0.25, -0.2) is 0 Å². The number of ether oxygens (including phenoxy) is 4. The van der Waals surface area contributed by atoms with Crippen LogP contribution in [0.15, 0.2) is 0 Å². The van der Waals surface area contributed by atoms with Gasteiger partial charge in [0.15, 0.2) is 0 Å². The van der Waals surface area contributed by atoms with Crippen molar-refractivity contribution in [1.29, 1.82) is 0 Å². The molecule has 0 aromatic carbocycles. The summed E-state index contributed by atoms with van der Waals surface area (Å²) < 4.78 is 40.1. The second-order valence-corrected chi connectivity index (χ2v) is 18.5. The standard InChI is InChI=1S/4C7H16NO2.2ClH2O3P/c4*1-7(9)10-6-5-8(2,3)4;2*1-5(2,3)4/h4*5-6H2,1-4H3;2*(H2,2,3,4)/q4*+1;;/p-4. The minimum atomic E-state index is -4.67. The minimum Gasteiger partial charge on any atom is -0.799 e.